The number of rotatable bonds is 8. The number of nitrogens with one attached hydrogen (secondary N) is 1. The Balaban J connectivity index is 3.66. The zero-order valence-electron chi connectivity index (χ0n) is 9.79. The Morgan fingerprint density at radius 2 is 1.93 bits per heavy atom. The summed E-state index contributed by atoms with van der Waals surface area (Å²) in [4.78, 5) is 12.8. The zero-order valence-corrected chi connectivity index (χ0v) is 9.79. The van der Waals surface area contributed by atoms with Gasteiger partial charge in [-0.1, -0.05) is 13.8 Å². The van der Waals surface area contributed by atoms with Gasteiger partial charge in [-0.2, -0.15) is 0 Å². The lowest BCUT2D eigenvalue weighted by atomic mass is 10.1. The maximum Gasteiger partial charge on any atom is 0.336 e. The molecule has 1 atom stereocenters. The number of hydrogen-bond acceptors (Lipinski definition) is 4. The first-order valence-electron chi connectivity index (χ1n) is 5.32. The van der Waals surface area contributed by atoms with Crippen molar-refractivity contribution in [1.29, 1.82) is 0 Å². The molecule has 0 fully saturated rings. The first-order chi connectivity index (χ1) is 6.94. The van der Waals surface area contributed by atoms with E-state index in [4.69, 9.17) is 5.11 Å². The molecule has 0 bridgehead atoms. The summed E-state index contributed by atoms with van der Waals surface area (Å²) in [7, 11) is 0. The summed E-state index contributed by atoms with van der Waals surface area (Å²) in [5.74, 6) is -1.20. The molecule has 5 nitrogen and oxygen atoms in total. The fraction of sp³-hybridized carbons (Fsp3) is 0.900. The fourth-order valence-corrected chi connectivity index (χ4v) is 1.18. The van der Waals surface area contributed by atoms with Crippen LogP contribution in [0.3, 0.4) is 0 Å². The predicted octanol–water partition coefficient (Wildman–Crippen LogP) is -0.247. The topological polar surface area (TPSA) is 72.8 Å². The largest absolute Gasteiger partial charge is 0.479 e. The van der Waals surface area contributed by atoms with Crippen molar-refractivity contribution in [2.24, 2.45) is 0 Å². The summed E-state index contributed by atoms with van der Waals surface area (Å²) in [6, 6.07) is 0. The maximum atomic E-state index is 10.6. The highest BCUT2D eigenvalue weighted by atomic mass is 16.4. The normalized spacial score (nSPS) is 15.3. The molecule has 0 rings (SSSR count). The zero-order chi connectivity index (χ0) is 11.9. The van der Waals surface area contributed by atoms with Gasteiger partial charge in [0, 0.05) is 19.6 Å². The van der Waals surface area contributed by atoms with E-state index in [-0.39, 0.29) is 6.54 Å². The van der Waals surface area contributed by atoms with Crippen molar-refractivity contribution in [3.8, 4) is 0 Å². The molecule has 5 heteroatoms. The first kappa shape index (κ1) is 14.3. The van der Waals surface area contributed by atoms with E-state index in [1.165, 1.54) is 6.92 Å². The third-order valence-corrected chi connectivity index (χ3v) is 2.43. The molecule has 0 aliphatic carbocycles. The van der Waals surface area contributed by atoms with Gasteiger partial charge < -0.3 is 20.4 Å². The van der Waals surface area contributed by atoms with Gasteiger partial charge >= 0.3 is 5.97 Å². The molecule has 1 unspecified atom stereocenters. The van der Waals surface area contributed by atoms with E-state index in [2.05, 4.69) is 24.1 Å². The molecule has 0 aliphatic rings. The number of carboxylic acids is 1. The minimum atomic E-state index is -1.68. The van der Waals surface area contributed by atoms with Crippen molar-refractivity contribution in [1.82, 2.24) is 10.2 Å². The van der Waals surface area contributed by atoms with Crippen molar-refractivity contribution in [3.05, 3.63) is 0 Å². The Morgan fingerprint density at radius 1 is 1.40 bits per heavy atom. The van der Waals surface area contributed by atoms with E-state index in [9.17, 15) is 9.90 Å². The van der Waals surface area contributed by atoms with Crippen molar-refractivity contribution in [3.63, 3.8) is 0 Å². The van der Waals surface area contributed by atoms with Gasteiger partial charge in [0.25, 0.3) is 0 Å². The second-order valence-electron chi connectivity index (χ2n) is 3.78. The van der Waals surface area contributed by atoms with E-state index in [1.54, 1.807) is 0 Å². The van der Waals surface area contributed by atoms with Crippen LogP contribution in [0.15, 0.2) is 0 Å². The van der Waals surface area contributed by atoms with Crippen LogP contribution in [0.5, 0.6) is 0 Å². The van der Waals surface area contributed by atoms with Crippen molar-refractivity contribution < 1.29 is 15.0 Å². The van der Waals surface area contributed by atoms with Crippen LogP contribution < -0.4 is 5.32 Å². The Kier molecular flexibility index (Phi) is 6.47. The Morgan fingerprint density at radius 3 is 2.33 bits per heavy atom. The molecule has 0 aromatic rings. The molecule has 0 heterocycles. The molecule has 15 heavy (non-hydrogen) atoms. The summed E-state index contributed by atoms with van der Waals surface area (Å²) in [5.41, 5.74) is -1.68. The van der Waals surface area contributed by atoms with Crippen LogP contribution >= 0.6 is 0 Å². The van der Waals surface area contributed by atoms with E-state index in [0.717, 1.165) is 19.6 Å². The molecule has 0 amide bonds. The molecule has 0 saturated carbocycles. The highest BCUT2D eigenvalue weighted by Gasteiger charge is 2.28. The molecule has 0 aliphatic heterocycles. The molecule has 90 valence electrons. The first-order valence-corrected chi connectivity index (χ1v) is 5.32. The third-order valence-electron chi connectivity index (χ3n) is 2.43. The molecule has 0 saturated heterocycles. The quantitative estimate of drug-likeness (QED) is 0.490. The van der Waals surface area contributed by atoms with Gasteiger partial charge in [-0.3, -0.25) is 0 Å². The fourth-order valence-electron chi connectivity index (χ4n) is 1.18. The Hall–Kier alpha value is -0.650. The monoisotopic (exact) mass is 218 g/mol. The smallest absolute Gasteiger partial charge is 0.336 e. The molecule has 0 aromatic heterocycles. The van der Waals surface area contributed by atoms with E-state index in [0.29, 0.717) is 6.54 Å². The minimum Gasteiger partial charge on any atom is -0.479 e. The molecular weight excluding hydrogens is 196 g/mol. The maximum absolute atomic E-state index is 10.6. The number of carbonyl (C=O) groups is 1. The highest BCUT2D eigenvalue weighted by molar-refractivity contribution is 5.76. The lowest BCUT2D eigenvalue weighted by molar-refractivity contribution is -0.156. The van der Waals surface area contributed by atoms with Crippen LogP contribution in [-0.4, -0.2) is 59.4 Å². The predicted molar refractivity (Wildman–Crippen MR) is 58.9 cm³/mol. The Bertz CT molecular complexity index is 191. The average Bonchev–Trinajstić information content (AvgIpc) is 2.18. The number of carboxylic acid groups (broad SMARTS) is 1. The highest BCUT2D eigenvalue weighted by Crippen LogP contribution is 2.00. The number of aliphatic hydroxyl groups is 1. The van der Waals surface area contributed by atoms with Crippen LogP contribution in [0, 0.1) is 0 Å². The lowest BCUT2D eigenvalue weighted by Crippen LogP contribution is -2.46. The summed E-state index contributed by atoms with van der Waals surface area (Å²) in [5, 5.41) is 21.0. The Labute approximate surface area is 91.1 Å². The van der Waals surface area contributed by atoms with Crippen molar-refractivity contribution in [2.45, 2.75) is 26.4 Å². The van der Waals surface area contributed by atoms with Crippen molar-refractivity contribution >= 4 is 5.97 Å². The van der Waals surface area contributed by atoms with Crippen LogP contribution in [0.25, 0.3) is 0 Å². The van der Waals surface area contributed by atoms with Crippen LogP contribution in [0.2, 0.25) is 0 Å². The standard InChI is InChI=1S/C10H22N2O3/c1-4-12(5-2)7-6-11-8-10(3,15)9(13)14/h11,15H,4-8H2,1-3H3,(H,13,14). The molecule has 0 radical (unpaired) electrons. The van der Waals surface area contributed by atoms with Crippen LogP contribution in [0.4, 0.5) is 0 Å². The van der Waals surface area contributed by atoms with Gasteiger partial charge in [0.15, 0.2) is 5.60 Å². The molecule has 0 aromatic carbocycles. The number of nitrogens with zero attached hydrogens (tertiary/aromatic N) is 1. The van der Waals surface area contributed by atoms with Gasteiger partial charge in [-0.05, 0) is 20.0 Å². The molecule has 3 N–H and O–H groups in total. The number of likely N-dealkylation sites (N-methyl/N-ethyl adjacent to an activating group) is 1. The summed E-state index contributed by atoms with van der Waals surface area (Å²) in [6.07, 6.45) is 0. The summed E-state index contributed by atoms with van der Waals surface area (Å²) < 4.78 is 0. The van der Waals surface area contributed by atoms with E-state index < -0.39 is 11.6 Å². The minimum absolute atomic E-state index is 0.0730. The van der Waals surface area contributed by atoms with Gasteiger partial charge in [0.2, 0.25) is 0 Å². The third kappa shape index (κ3) is 5.71. The summed E-state index contributed by atoms with van der Waals surface area (Å²) in [6.45, 7) is 9.03. The van der Waals surface area contributed by atoms with Gasteiger partial charge in [0.1, 0.15) is 0 Å². The second kappa shape index (κ2) is 6.76. The van der Waals surface area contributed by atoms with E-state index >= 15 is 0 Å². The van der Waals surface area contributed by atoms with Crippen LogP contribution in [0.1, 0.15) is 20.8 Å². The van der Waals surface area contributed by atoms with Crippen LogP contribution in [-0.2, 0) is 4.79 Å². The molecular formula is C10H22N2O3. The van der Waals surface area contributed by atoms with Gasteiger partial charge in [-0.25, -0.2) is 4.79 Å². The summed E-state index contributed by atoms with van der Waals surface area (Å²) >= 11 is 0. The second-order valence-corrected chi connectivity index (χ2v) is 3.78. The molecule has 0 spiro atoms. The number of aliphatic carboxylic acids is 1. The van der Waals surface area contributed by atoms with Gasteiger partial charge in [-0.15, -0.1) is 0 Å². The average molecular weight is 218 g/mol. The SMILES string of the molecule is CCN(CC)CCNCC(C)(O)C(=O)O. The van der Waals surface area contributed by atoms with E-state index in [1.807, 2.05) is 0 Å². The number of hydrogen-bond donors (Lipinski definition) is 3. The van der Waals surface area contributed by atoms with Gasteiger partial charge in [0.05, 0.1) is 0 Å². The van der Waals surface area contributed by atoms with Crippen molar-refractivity contribution in [2.75, 3.05) is 32.7 Å². The lowest BCUT2D eigenvalue weighted by Gasteiger charge is -2.21.